The predicted molar refractivity (Wildman–Crippen MR) is 142 cm³/mol. The lowest BCUT2D eigenvalue weighted by atomic mass is 9.91. The number of halogens is 2. The van der Waals surface area contributed by atoms with Crippen molar-refractivity contribution in [1.29, 1.82) is 0 Å². The Morgan fingerprint density at radius 1 is 1.30 bits per heavy atom. The van der Waals surface area contributed by atoms with Crippen LogP contribution in [-0.4, -0.2) is 67.4 Å². The number of hydrogen-bond acceptors (Lipinski definition) is 6. The fourth-order valence-electron chi connectivity index (χ4n) is 6.16. The second kappa shape index (κ2) is 10.5. The van der Waals surface area contributed by atoms with Gasteiger partial charge in [0.1, 0.15) is 17.2 Å². The molecule has 4 heterocycles. The Labute approximate surface area is 221 Å². The maximum atomic E-state index is 14.7. The van der Waals surface area contributed by atoms with Gasteiger partial charge in [-0.1, -0.05) is 24.6 Å². The van der Waals surface area contributed by atoms with Crippen LogP contribution in [-0.2, 0) is 4.79 Å². The third-order valence-corrected chi connectivity index (χ3v) is 8.30. The van der Waals surface area contributed by atoms with Crippen molar-refractivity contribution in [2.24, 2.45) is 5.92 Å². The van der Waals surface area contributed by atoms with Crippen LogP contribution in [0, 0.1) is 18.7 Å². The number of nitrogens with zero attached hydrogens (tertiary/aromatic N) is 6. The van der Waals surface area contributed by atoms with Gasteiger partial charge in [-0.25, -0.2) is 19.0 Å². The van der Waals surface area contributed by atoms with E-state index in [1.807, 2.05) is 20.0 Å². The van der Waals surface area contributed by atoms with Gasteiger partial charge in [-0.2, -0.15) is 5.10 Å². The summed E-state index contributed by atoms with van der Waals surface area (Å²) in [4.78, 5) is 25.6. The number of hydrogen-bond donors (Lipinski definition) is 1. The summed E-state index contributed by atoms with van der Waals surface area (Å²) >= 11 is 5.96. The molecule has 1 aromatic carbocycles. The molecule has 4 atom stereocenters. The molecular weight excluding hydrogens is 495 g/mol. The molecule has 2 aliphatic rings. The Balaban J connectivity index is 1.36. The van der Waals surface area contributed by atoms with Crippen molar-refractivity contribution in [3.8, 4) is 0 Å². The zero-order valence-electron chi connectivity index (χ0n) is 21.6. The van der Waals surface area contributed by atoms with Crippen molar-refractivity contribution in [2.75, 3.05) is 24.5 Å². The Kier molecular flexibility index (Phi) is 7.36. The maximum Gasteiger partial charge on any atom is 0.303 e. The monoisotopic (exact) mass is 528 g/mol. The highest BCUT2D eigenvalue weighted by Gasteiger charge is 2.37. The molecule has 0 aliphatic carbocycles. The molecule has 2 fully saturated rings. The van der Waals surface area contributed by atoms with E-state index in [4.69, 9.17) is 26.7 Å². The first-order chi connectivity index (χ1) is 17.7. The number of piperidine rings is 1. The number of rotatable bonds is 7. The molecule has 198 valence electrons. The second-order valence-electron chi connectivity index (χ2n) is 10.5. The maximum absolute atomic E-state index is 14.7. The minimum Gasteiger partial charge on any atom is -0.481 e. The van der Waals surface area contributed by atoms with Crippen molar-refractivity contribution in [3.05, 3.63) is 46.5 Å². The van der Waals surface area contributed by atoms with Crippen molar-refractivity contribution < 1.29 is 14.3 Å². The molecule has 0 bridgehead atoms. The van der Waals surface area contributed by atoms with E-state index in [1.165, 1.54) is 6.07 Å². The van der Waals surface area contributed by atoms with E-state index in [0.717, 1.165) is 56.8 Å². The van der Waals surface area contributed by atoms with Gasteiger partial charge in [-0.3, -0.25) is 9.69 Å². The molecule has 2 aliphatic heterocycles. The van der Waals surface area contributed by atoms with Crippen LogP contribution in [0.25, 0.3) is 11.2 Å². The fraction of sp³-hybridized carbons (Fsp3) is 0.556. The molecule has 2 unspecified atom stereocenters. The smallest absolute Gasteiger partial charge is 0.303 e. The average molecular weight is 529 g/mol. The van der Waals surface area contributed by atoms with Gasteiger partial charge in [0.05, 0.1) is 17.9 Å². The third kappa shape index (κ3) is 5.16. The number of carboxylic acids is 1. The highest BCUT2D eigenvalue weighted by Crippen LogP contribution is 2.33. The molecule has 0 saturated carbocycles. The summed E-state index contributed by atoms with van der Waals surface area (Å²) in [6, 6.07) is 5.12. The molecule has 5 rings (SSSR count). The molecule has 0 radical (unpaired) electrons. The fourth-order valence-corrected chi connectivity index (χ4v) is 6.32. The van der Waals surface area contributed by atoms with Gasteiger partial charge in [0, 0.05) is 42.2 Å². The highest BCUT2D eigenvalue weighted by molar-refractivity contribution is 6.30. The number of benzene rings is 1. The summed E-state index contributed by atoms with van der Waals surface area (Å²) in [5, 5.41) is 14.2. The summed E-state index contributed by atoms with van der Waals surface area (Å²) < 4.78 is 16.4. The van der Waals surface area contributed by atoms with Crippen LogP contribution in [0.15, 0.2) is 24.4 Å². The quantitative estimate of drug-likeness (QED) is 0.457. The van der Waals surface area contributed by atoms with Gasteiger partial charge >= 0.3 is 5.97 Å². The summed E-state index contributed by atoms with van der Waals surface area (Å²) in [6.45, 7) is 8.81. The molecule has 1 N–H and O–H groups in total. The Hall–Kier alpha value is -2.78. The first-order valence-electron chi connectivity index (χ1n) is 13.1. The van der Waals surface area contributed by atoms with Gasteiger partial charge < -0.3 is 10.0 Å². The Bertz CT molecular complexity index is 1300. The number of aliphatic carboxylic acids is 1. The molecule has 10 heteroatoms. The number of carboxylic acid groups (broad SMARTS) is 1. The average Bonchev–Trinajstić information content (AvgIpc) is 3.46. The summed E-state index contributed by atoms with van der Waals surface area (Å²) in [6.07, 6.45) is 5.98. The SMILES string of the molecule is Cc1nn([C@H](C)c2ccc(Cl)cc2F)c2nc(N3CCC(N4CCCC4CCC(=O)O)[C@H](C)C3)cnc12. The molecule has 0 amide bonds. The molecule has 37 heavy (non-hydrogen) atoms. The number of aryl methyl sites for hydroxylation is 1. The van der Waals surface area contributed by atoms with Crippen LogP contribution < -0.4 is 4.90 Å². The molecular formula is C27H34ClFN6O2. The van der Waals surface area contributed by atoms with Crippen molar-refractivity contribution in [1.82, 2.24) is 24.6 Å². The van der Waals surface area contributed by atoms with Crippen LogP contribution in [0.3, 0.4) is 0 Å². The van der Waals surface area contributed by atoms with Gasteiger partial charge in [0.2, 0.25) is 0 Å². The predicted octanol–water partition coefficient (Wildman–Crippen LogP) is 5.08. The Morgan fingerprint density at radius 2 is 2.11 bits per heavy atom. The first kappa shape index (κ1) is 25.9. The van der Waals surface area contributed by atoms with Gasteiger partial charge in [0.15, 0.2) is 5.65 Å². The molecule has 2 saturated heterocycles. The van der Waals surface area contributed by atoms with E-state index in [2.05, 4.69) is 21.8 Å². The van der Waals surface area contributed by atoms with Crippen molar-refractivity contribution in [3.63, 3.8) is 0 Å². The standard InChI is InChI=1S/C27H34ClFN6O2/c1-16-15-33(12-10-23(16)34-11-4-5-20(34)7-9-25(36)37)24-14-30-26-17(2)32-35(27(26)31-24)18(3)21-8-6-19(28)13-22(21)29/h6,8,13-14,16,18,20,23H,4-5,7,9-12,15H2,1-3H3,(H,36,37)/t16-,18-,20?,23?/m1/s1. The third-order valence-electron chi connectivity index (χ3n) is 8.06. The molecule has 2 aromatic heterocycles. The normalized spacial score (nSPS) is 23.6. The molecule has 8 nitrogen and oxygen atoms in total. The number of fused-ring (bicyclic) bond motifs is 1. The van der Waals surface area contributed by atoms with Gasteiger partial charge in [-0.15, -0.1) is 0 Å². The van der Waals surface area contributed by atoms with E-state index < -0.39 is 5.97 Å². The van der Waals surface area contributed by atoms with E-state index in [9.17, 15) is 9.18 Å². The zero-order valence-corrected chi connectivity index (χ0v) is 22.3. The van der Waals surface area contributed by atoms with Crippen LogP contribution in [0.2, 0.25) is 5.02 Å². The van der Waals surface area contributed by atoms with Crippen LogP contribution in [0.1, 0.15) is 63.3 Å². The lowest BCUT2D eigenvalue weighted by Crippen LogP contribution is -2.52. The summed E-state index contributed by atoms with van der Waals surface area (Å²) in [5.74, 6) is 0.119. The lowest BCUT2D eigenvalue weighted by molar-refractivity contribution is -0.137. The van der Waals surface area contributed by atoms with E-state index in [1.54, 1.807) is 16.8 Å². The van der Waals surface area contributed by atoms with Gasteiger partial charge in [0.25, 0.3) is 0 Å². The minimum absolute atomic E-state index is 0.232. The second-order valence-corrected chi connectivity index (χ2v) is 11.0. The van der Waals surface area contributed by atoms with Crippen LogP contribution in [0.4, 0.5) is 10.2 Å². The van der Waals surface area contributed by atoms with Crippen LogP contribution in [0.5, 0.6) is 0 Å². The van der Waals surface area contributed by atoms with Crippen LogP contribution >= 0.6 is 11.6 Å². The van der Waals surface area contributed by atoms with Crippen molar-refractivity contribution >= 4 is 34.6 Å². The van der Waals surface area contributed by atoms with E-state index in [0.29, 0.717) is 39.8 Å². The van der Waals surface area contributed by atoms with Gasteiger partial charge in [-0.05, 0) is 64.1 Å². The minimum atomic E-state index is -0.716. The summed E-state index contributed by atoms with van der Waals surface area (Å²) in [5.41, 5.74) is 2.61. The molecule has 0 spiro atoms. The Morgan fingerprint density at radius 3 is 2.84 bits per heavy atom. The number of carbonyl (C=O) groups is 1. The van der Waals surface area contributed by atoms with Crippen molar-refractivity contribution in [2.45, 2.75) is 71.0 Å². The summed E-state index contributed by atoms with van der Waals surface area (Å²) in [7, 11) is 0. The highest BCUT2D eigenvalue weighted by atomic mass is 35.5. The zero-order chi connectivity index (χ0) is 26.3. The number of aromatic nitrogens is 4. The first-order valence-corrected chi connectivity index (χ1v) is 13.5. The lowest BCUT2D eigenvalue weighted by Gasteiger charge is -2.43. The number of likely N-dealkylation sites (tertiary alicyclic amines) is 1. The van der Waals surface area contributed by atoms with E-state index >= 15 is 0 Å². The number of anilines is 1. The topological polar surface area (TPSA) is 87.4 Å². The largest absolute Gasteiger partial charge is 0.481 e. The molecule has 3 aromatic rings. The van der Waals surface area contributed by atoms with E-state index in [-0.39, 0.29) is 18.3 Å².